The molecule has 1 saturated heterocycles. The van der Waals surface area contributed by atoms with E-state index in [1.165, 1.54) is 25.7 Å². The van der Waals surface area contributed by atoms with Crippen molar-refractivity contribution in [3.63, 3.8) is 0 Å². The van der Waals surface area contributed by atoms with Crippen molar-refractivity contribution in [2.24, 2.45) is 5.92 Å². The lowest BCUT2D eigenvalue weighted by Crippen LogP contribution is -2.58. The largest absolute Gasteiger partial charge is 0.309 e. The van der Waals surface area contributed by atoms with E-state index in [4.69, 9.17) is 0 Å². The van der Waals surface area contributed by atoms with Gasteiger partial charge in [0.25, 0.3) is 0 Å². The average Bonchev–Trinajstić information content (AvgIpc) is 2.63. The molecule has 2 unspecified atom stereocenters. The van der Waals surface area contributed by atoms with Crippen LogP contribution in [0.25, 0.3) is 0 Å². The van der Waals surface area contributed by atoms with Gasteiger partial charge in [-0.15, -0.1) is 12.4 Å². The Kier molecular flexibility index (Phi) is 4.20. The van der Waals surface area contributed by atoms with Crippen LogP contribution in [0.15, 0.2) is 0 Å². The molecule has 0 spiro atoms. The molecule has 2 rings (SSSR count). The second-order valence-corrected chi connectivity index (χ2v) is 4.80. The summed E-state index contributed by atoms with van der Waals surface area (Å²) >= 11 is 0. The lowest BCUT2D eigenvalue weighted by molar-refractivity contribution is 0.0704. The second-order valence-electron chi connectivity index (χ2n) is 4.80. The number of hydrogen-bond donors (Lipinski definition) is 1. The van der Waals surface area contributed by atoms with Crippen LogP contribution in [0.5, 0.6) is 0 Å². The molecular formula is C11H21ClFN. The molecule has 1 aliphatic carbocycles. The molecule has 3 heteroatoms. The minimum atomic E-state index is -0.621. The predicted molar refractivity (Wildman–Crippen MR) is 59.7 cm³/mol. The molecule has 0 radical (unpaired) electrons. The highest BCUT2D eigenvalue weighted by Crippen LogP contribution is 2.39. The van der Waals surface area contributed by atoms with Gasteiger partial charge in [-0.1, -0.05) is 12.8 Å². The van der Waals surface area contributed by atoms with Crippen LogP contribution < -0.4 is 5.32 Å². The number of halogens is 2. The van der Waals surface area contributed by atoms with Gasteiger partial charge in [-0.05, 0) is 45.1 Å². The molecule has 84 valence electrons. The number of nitrogens with one attached hydrogen (secondary N) is 1. The molecule has 0 bridgehead atoms. The summed E-state index contributed by atoms with van der Waals surface area (Å²) in [5.41, 5.74) is -0.200. The van der Waals surface area contributed by atoms with E-state index in [1.54, 1.807) is 0 Å². The van der Waals surface area contributed by atoms with E-state index < -0.39 is 6.17 Å². The Hall–Kier alpha value is 0.180. The maximum absolute atomic E-state index is 13.8. The van der Waals surface area contributed by atoms with Crippen molar-refractivity contribution in [3.05, 3.63) is 0 Å². The first-order valence-corrected chi connectivity index (χ1v) is 5.62. The van der Waals surface area contributed by atoms with Crippen LogP contribution in [0, 0.1) is 5.92 Å². The van der Waals surface area contributed by atoms with Gasteiger partial charge in [-0.2, -0.15) is 0 Å². The molecular weight excluding hydrogens is 201 g/mol. The Morgan fingerprint density at radius 1 is 1.14 bits per heavy atom. The average molecular weight is 222 g/mol. The zero-order chi connectivity index (χ0) is 9.31. The summed E-state index contributed by atoms with van der Waals surface area (Å²) in [5, 5.41) is 3.41. The fraction of sp³-hybridized carbons (Fsp3) is 1.00. The van der Waals surface area contributed by atoms with Crippen molar-refractivity contribution in [2.45, 2.75) is 57.2 Å². The maximum Gasteiger partial charge on any atom is 0.118 e. The fourth-order valence-corrected chi connectivity index (χ4v) is 2.98. The van der Waals surface area contributed by atoms with Gasteiger partial charge in [0.15, 0.2) is 0 Å². The van der Waals surface area contributed by atoms with Crippen molar-refractivity contribution >= 4 is 12.4 Å². The molecule has 1 nitrogen and oxygen atoms in total. The highest BCUT2D eigenvalue weighted by molar-refractivity contribution is 5.85. The molecule has 0 amide bonds. The first-order valence-electron chi connectivity index (χ1n) is 5.62. The van der Waals surface area contributed by atoms with Gasteiger partial charge in [-0.3, -0.25) is 0 Å². The van der Waals surface area contributed by atoms with Crippen LogP contribution in [0.4, 0.5) is 4.39 Å². The molecule has 1 saturated carbocycles. The molecule has 1 heterocycles. The Bertz CT molecular complexity index is 182. The van der Waals surface area contributed by atoms with Gasteiger partial charge < -0.3 is 5.32 Å². The van der Waals surface area contributed by atoms with Crippen LogP contribution in [-0.2, 0) is 0 Å². The van der Waals surface area contributed by atoms with Crippen LogP contribution >= 0.6 is 12.4 Å². The fourth-order valence-electron chi connectivity index (χ4n) is 2.98. The van der Waals surface area contributed by atoms with Gasteiger partial charge in [0, 0.05) is 5.54 Å². The summed E-state index contributed by atoms with van der Waals surface area (Å²) in [6, 6.07) is 0. The van der Waals surface area contributed by atoms with Crippen molar-refractivity contribution in [1.29, 1.82) is 0 Å². The molecule has 0 aromatic rings. The van der Waals surface area contributed by atoms with E-state index >= 15 is 0 Å². The minimum Gasteiger partial charge on any atom is -0.309 e. The summed E-state index contributed by atoms with van der Waals surface area (Å²) in [6.45, 7) is 3.10. The number of alkyl halides is 1. The first-order chi connectivity index (χ1) is 6.23. The van der Waals surface area contributed by atoms with Gasteiger partial charge >= 0.3 is 0 Å². The highest BCUT2D eigenvalue weighted by atomic mass is 35.5. The number of piperidine rings is 1. The molecule has 2 aliphatic rings. The van der Waals surface area contributed by atoms with Gasteiger partial charge in [-0.25, -0.2) is 4.39 Å². The normalized spacial score (nSPS) is 39.4. The molecule has 1 aliphatic heterocycles. The van der Waals surface area contributed by atoms with E-state index in [9.17, 15) is 4.39 Å². The van der Waals surface area contributed by atoms with Crippen LogP contribution in [0.1, 0.15) is 45.4 Å². The second kappa shape index (κ2) is 4.80. The van der Waals surface area contributed by atoms with E-state index in [0.29, 0.717) is 5.92 Å². The minimum absolute atomic E-state index is 0. The van der Waals surface area contributed by atoms with E-state index in [-0.39, 0.29) is 17.9 Å². The molecule has 0 aromatic heterocycles. The van der Waals surface area contributed by atoms with Crippen molar-refractivity contribution in [3.8, 4) is 0 Å². The zero-order valence-electron chi connectivity index (χ0n) is 8.89. The molecule has 2 atom stereocenters. The topological polar surface area (TPSA) is 12.0 Å². The SMILES string of the molecule is CC1(C2CCCC2)NCCCC1F.Cl. The van der Waals surface area contributed by atoms with Gasteiger partial charge in [0.05, 0.1) is 0 Å². The third-order valence-electron chi connectivity index (χ3n) is 3.99. The summed E-state index contributed by atoms with van der Waals surface area (Å²) in [7, 11) is 0. The number of rotatable bonds is 1. The highest BCUT2D eigenvalue weighted by Gasteiger charge is 2.43. The van der Waals surface area contributed by atoms with Crippen molar-refractivity contribution < 1.29 is 4.39 Å². The quantitative estimate of drug-likeness (QED) is 0.718. The standard InChI is InChI=1S/C11H20FN.ClH/c1-11(9-5-2-3-6-9)10(12)7-4-8-13-11;/h9-10,13H,2-8H2,1H3;1H. The van der Waals surface area contributed by atoms with E-state index in [0.717, 1.165) is 19.4 Å². The lowest BCUT2D eigenvalue weighted by atomic mass is 9.77. The Balaban J connectivity index is 0.000000980. The third kappa shape index (κ3) is 2.06. The molecule has 0 aromatic carbocycles. The lowest BCUT2D eigenvalue weighted by Gasteiger charge is -2.42. The molecule has 14 heavy (non-hydrogen) atoms. The predicted octanol–water partition coefficient (Wildman–Crippen LogP) is 3.08. The smallest absolute Gasteiger partial charge is 0.118 e. The monoisotopic (exact) mass is 221 g/mol. The van der Waals surface area contributed by atoms with E-state index in [1.807, 2.05) is 0 Å². The Labute approximate surface area is 92.2 Å². The van der Waals surface area contributed by atoms with Crippen LogP contribution in [0.3, 0.4) is 0 Å². The van der Waals surface area contributed by atoms with Crippen molar-refractivity contribution in [1.82, 2.24) is 5.32 Å². The van der Waals surface area contributed by atoms with Crippen molar-refractivity contribution in [2.75, 3.05) is 6.54 Å². The van der Waals surface area contributed by atoms with Gasteiger partial charge in [0.1, 0.15) is 6.17 Å². The van der Waals surface area contributed by atoms with E-state index in [2.05, 4.69) is 12.2 Å². The van der Waals surface area contributed by atoms with Crippen LogP contribution in [0.2, 0.25) is 0 Å². The Morgan fingerprint density at radius 3 is 2.36 bits per heavy atom. The summed E-state index contributed by atoms with van der Waals surface area (Å²) in [4.78, 5) is 0. The third-order valence-corrected chi connectivity index (χ3v) is 3.99. The number of hydrogen-bond acceptors (Lipinski definition) is 1. The first kappa shape index (κ1) is 12.3. The Morgan fingerprint density at radius 2 is 1.79 bits per heavy atom. The summed E-state index contributed by atoms with van der Waals surface area (Å²) < 4.78 is 13.8. The zero-order valence-corrected chi connectivity index (χ0v) is 9.71. The van der Waals surface area contributed by atoms with Crippen LogP contribution in [-0.4, -0.2) is 18.3 Å². The molecule has 1 N–H and O–H groups in total. The summed E-state index contributed by atoms with van der Waals surface area (Å²) in [5.74, 6) is 0.586. The summed E-state index contributed by atoms with van der Waals surface area (Å²) in [6.07, 6.45) is 6.20. The molecule has 2 fully saturated rings. The maximum atomic E-state index is 13.8. The van der Waals surface area contributed by atoms with Gasteiger partial charge in [0.2, 0.25) is 0 Å².